The Morgan fingerprint density at radius 1 is 0.517 bits per heavy atom. The summed E-state index contributed by atoms with van der Waals surface area (Å²) in [5.41, 5.74) is 3.80. The van der Waals surface area contributed by atoms with Crippen molar-refractivity contribution in [3.8, 4) is 0 Å². The van der Waals surface area contributed by atoms with Crippen molar-refractivity contribution in [3.05, 3.63) is 59.7 Å². The zero-order chi connectivity index (χ0) is 22.1. The third-order valence-electron chi connectivity index (χ3n) is 5.40. The lowest BCUT2D eigenvalue weighted by molar-refractivity contribution is 0.281. The van der Waals surface area contributed by atoms with Crippen molar-refractivity contribution in [2.45, 2.75) is 103 Å². The lowest BCUT2D eigenvalue weighted by Gasteiger charge is -2.35. The summed E-state index contributed by atoms with van der Waals surface area (Å²) in [5, 5.41) is 0. The lowest BCUT2D eigenvalue weighted by Crippen LogP contribution is -2.26. The molecule has 0 spiro atoms. The van der Waals surface area contributed by atoms with Gasteiger partial charge < -0.3 is 0 Å². The highest BCUT2D eigenvalue weighted by Gasteiger charge is 2.31. The average Bonchev–Trinajstić information content (AvgIpc) is 2.51. The van der Waals surface area contributed by atoms with Crippen molar-refractivity contribution in [1.29, 1.82) is 0 Å². The Kier molecular flexibility index (Phi) is 7.05. The molecular weight excluding hydrogens is 368 g/mol. The van der Waals surface area contributed by atoms with E-state index in [0.29, 0.717) is 10.8 Å². The SMILES string of the molecule is CC(C)(C)CC(C)(C)c1ccccc1Sc1ccccc1C(C)(C)CC(C)(C)C. The van der Waals surface area contributed by atoms with E-state index < -0.39 is 0 Å². The van der Waals surface area contributed by atoms with Gasteiger partial charge >= 0.3 is 0 Å². The zero-order valence-electron chi connectivity index (χ0n) is 20.4. The molecule has 2 rings (SSSR count). The van der Waals surface area contributed by atoms with Crippen molar-refractivity contribution in [2.24, 2.45) is 10.8 Å². The topological polar surface area (TPSA) is 0 Å². The van der Waals surface area contributed by atoms with Crippen LogP contribution < -0.4 is 0 Å². The minimum atomic E-state index is 0.137. The predicted octanol–water partition coefficient (Wildman–Crippen LogP) is 9.27. The summed E-state index contributed by atoms with van der Waals surface area (Å²) in [4.78, 5) is 2.78. The summed E-state index contributed by atoms with van der Waals surface area (Å²) >= 11 is 1.95. The van der Waals surface area contributed by atoms with Gasteiger partial charge in [-0.15, -0.1) is 0 Å². The highest BCUT2D eigenvalue weighted by atomic mass is 32.2. The molecule has 0 aliphatic rings. The van der Waals surface area contributed by atoms with E-state index in [4.69, 9.17) is 0 Å². The van der Waals surface area contributed by atoms with Gasteiger partial charge in [-0.05, 0) is 57.8 Å². The minimum Gasteiger partial charge on any atom is -0.0895 e. The van der Waals surface area contributed by atoms with Gasteiger partial charge in [0.05, 0.1) is 0 Å². The van der Waals surface area contributed by atoms with Gasteiger partial charge in [-0.1, -0.05) is 117 Å². The summed E-state index contributed by atoms with van der Waals surface area (Å²) in [6, 6.07) is 18.0. The van der Waals surface area contributed by atoms with Crippen molar-refractivity contribution in [1.82, 2.24) is 0 Å². The van der Waals surface area contributed by atoms with E-state index in [1.165, 1.54) is 20.9 Å². The standard InChI is InChI=1S/C28H42S/c1-25(2,3)19-27(7,8)21-15-11-13-17-23(21)29-24-18-14-12-16-22(24)28(9,10)20-26(4,5)6/h11-18H,19-20H2,1-10H3. The lowest BCUT2D eigenvalue weighted by atomic mass is 9.72. The molecule has 0 atom stereocenters. The van der Waals surface area contributed by atoms with Gasteiger partial charge in [0.25, 0.3) is 0 Å². The van der Waals surface area contributed by atoms with Gasteiger partial charge in [-0.2, -0.15) is 0 Å². The largest absolute Gasteiger partial charge is 0.0895 e. The molecule has 0 aromatic heterocycles. The zero-order valence-corrected chi connectivity index (χ0v) is 21.3. The Balaban J connectivity index is 2.45. The molecule has 160 valence electrons. The predicted molar refractivity (Wildman–Crippen MR) is 131 cm³/mol. The van der Waals surface area contributed by atoms with Crippen LogP contribution in [0.15, 0.2) is 58.3 Å². The minimum absolute atomic E-state index is 0.137. The van der Waals surface area contributed by atoms with Crippen LogP contribution in [0.1, 0.15) is 93.2 Å². The summed E-state index contributed by atoms with van der Waals surface area (Å²) in [6.45, 7) is 23.6. The molecule has 0 radical (unpaired) electrons. The first-order chi connectivity index (χ1) is 13.1. The fourth-order valence-corrected chi connectivity index (χ4v) is 6.63. The molecule has 1 heteroatoms. The second-order valence-corrected chi connectivity index (χ2v) is 13.4. The first-order valence-corrected chi connectivity index (χ1v) is 11.8. The monoisotopic (exact) mass is 410 g/mol. The molecule has 0 N–H and O–H groups in total. The van der Waals surface area contributed by atoms with E-state index >= 15 is 0 Å². The summed E-state index contributed by atoms with van der Waals surface area (Å²) in [5.74, 6) is 0. The van der Waals surface area contributed by atoms with Crippen molar-refractivity contribution in [3.63, 3.8) is 0 Å². The Morgan fingerprint density at radius 2 is 0.828 bits per heavy atom. The Bertz CT molecular complexity index is 743. The molecule has 2 aromatic rings. The van der Waals surface area contributed by atoms with Gasteiger partial charge in [0.15, 0.2) is 0 Å². The van der Waals surface area contributed by atoms with E-state index in [1.807, 2.05) is 11.8 Å². The molecule has 0 nitrogen and oxygen atoms in total. The van der Waals surface area contributed by atoms with Gasteiger partial charge in [-0.3, -0.25) is 0 Å². The molecule has 0 fully saturated rings. The average molecular weight is 411 g/mol. The molecule has 0 heterocycles. The number of rotatable bonds is 6. The van der Waals surface area contributed by atoms with Crippen LogP contribution in [-0.4, -0.2) is 0 Å². The van der Waals surface area contributed by atoms with E-state index in [2.05, 4.69) is 118 Å². The fraction of sp³-hybridized carbons (Fsp3) is 0.571. The second-order valence-electron chi connectivity index (χ2n) is 12.3. The summed E-state index contributed by atoms with van der Waals surface area (Å²) < 4.78 is 0. The van der Waals surface area contributed by atoms with Crippen molar-refractivity contribution < 1.29 is 0 Å². The number of hydrogen-bond acceptors (Lipinski definition) is 1. The maximum Gasteiger partial charge on any atom is 0.0159 e. The molecule has 2 aromatic carbocycles. The summed E-state index contributed by atoms with van der Waals surface area (Å²) in [6.07, 6.45) is 2.32. The molecule has 0 bridgehead atoms. The third-order valence-corrected chi connectivity index (χ3v) is 6.55. The Labute approximate surface area is 184 Å². The molecule has 0 saturated heterocycles. The maximum atomic E-state index is 2.40. The van der Waals surface area contributed by atoms with E-state index in [-0.39, 0.29) is 10.8 Å². The Hall–Kier alpha value is -1.21. The van der Waals surface area contributed by atoms with Crippen LogP contribution in [0, 0.1) is 10.8 Å². The van der Waals surface area contributed by atoms with Gasteiger partial charge in [0.1, 0.15) is 0 Å². The number of hydrogen-bond donors (Lipinski definition) is 0. The maximum absolute atomic E-state index is 2.40. The first-order valence-electron chi connectivity index (χ1n) is 11.0. The quantitative estimate of drug-likeness (QED) is 0.457. The van der Waals surface area contributed by atoms with Crippen LogP contribution in [0.5, 0.6) is 0 Å². The molecule has 0 aliphatic carbocycles. The molecular formula is C28H42S. The van der Waals surface area contributed by atoms with Crippen molar-refractivity contribution >= 4 is 11.8 Å². The van der Waals surface area contributed by atoms with Crippen molar-refractivity contribution in [2.75, 3.05) is 0 Å². The summed E-state index contributed by atoms with van der Waals surface area (Å²) in [7, 11) is 0. The van der Waals surface area contributed by atoms with Crippen LogP contribution in [-0.2, 0) is 10.8 Å². The van der Waals surface area contributed by atoms with Crippen LogP contribution in [0.3, 0.4) is 0 Å². The third kappa shape index (κ3) is 6.92. The highest BCUT2D eigenvalue weighted by Crippen LogP contribution is 2.45. The van der Waals surface area contributed by atoms with Crippen LogP contribution in [0.25, 0.3) is 0 Å². The molecule has 0 unspecified atom stereocenters. The van der Waals surface area contributed by atoms with E-state index in [1.54, 1.807) is 0 Å². The van der Waals surface area contributed by atoms with E-state index in [9.17, 15) is 0 Å². The second kappa shape index (κ2) is 8.50. The molecule has 29 heavy (non-hydrogen) atoms. The van der Waals surface area contributed by atoms with Crippen LogP contribution in [0.2, 0.25) is 0 Å². The normalized spacial score (nSPS) is 13.6. The van der Waals surface area contributed by atoms with E-state index in [0.717, 1.165) is 12.8 Å². The van der Waals surface area contributed by atoms with Crippen LogP contribution in [0.4, 0.5) is 0 Å². The first kappa shape index (κ1) is 24.1. The number of benzene rings is 2. The molecule has 0 amide bonds. The van der Waals surface area contributed by atoms with Gasteiger partial charge in [0, 0.05) is 9.79 Å². The Morgan fingerprint density at radius 3 is 1.14 bits per heavy atom. The highest BCUT2D eigenvalue weighted by molar-refractivity contribution is 7.99. The smallest absolute Gasteiger partial charge is 0.0159 e. The fourth-order valence-electron chi connectivity index (χ4n) is 5.19. The van der Waals surface area contributed by atoms with Gasteiger partial charge in [0.2, 0.25) is 0 Å². The molecule has 0 aliphatic heterocycles. The van der Waals surface area contributed by atoms with Gasteiger partial charge in [-0.25, -0.2) is 0 Å². The van der Waals surface area contributed by atoms with Crippen LogP contribution >= 0.6 is 11.8 Å². The molecule has 0 saturated carbocycles.